The Morgan fingerprint density at radius 2 is 1.45 bits per heavy atom. The van der Waals surface area contributed by atoms with Crippen molar-refractivity contribution in [2.75, 3.05) is 5.73 Å². The Morgan fingerprint density at radius 1 is 0.742 bits per heavy atom. The molecule has 0 aliphatic heterocycles. The quantitative estimate of drug-likeness (QED) is 0.312. The van der Waals surface area contributed by atoms with Gasteiger partial charge in [-0.15, -0.1) is 0 Å². The van der Waals surface area contributed by atoms with Crippen molar-refractivity contribution in [1.29, 1.82) is 0 Å². The van der Waals surface area contributed by atoms with Gasteiger partial charge in [-0.25, -0.2) is 0 Å². The highest BCUT2D eigenvalue weighted by Gasteiger charge is 2.34. The summed E-state index contributed by atoms with van der Waals surface area (Å²) >= 11 is 0. The summed E-state index contributed by atoms with van der Waals surface area (Å²) in [4.78, 5) is 0. The number of rotatable bonds is 3. The van der Waals surface area contributed by atoms with Gasteiger partial charge in [0.2, 0.25) is 0 Å². The van der Waals surface area contributed by atoms with Gasteiger partial charge in [0.1, 0.15) is 17.1 Å². The second-order valence-corrected chi connectivity index (χ2v) is 7.55. The predicted octanol–water partition coefficient (Wildman–Crippen LogP) is 7.32. The standard InChI is InChI=1S/C26H18F3NO/c27-26(28,29)24-15-18(30)10-13-25(24)31-19-11-8-16(9-12-19)20-6-3-7-22-21-5-2-1-4-17(21)14-23(20)22/h1-13,15H,14,30H2. The highest BCUT2D eigenvalue weighted by Crippen LogP contribution is 2.42. The molecule has 2 nitrogen and oxygen atoms in total. The molecule has 0 atom stereocenters. The molecule has 31 heavy (non-hydrogen) atoms. The number of fused-ring (bicyclic) bond motifs is 3. The maximum absolute atomic E-state index is 13.3. The molecular formula is C26H18F3NO. The maximum atomic E-state index is 13.3. The second-order valence-electron chi connectivity index (χ2n) is 7.55. The van der Waals surface area contributed by atoms with Crippen LogP contribution in [0.3, 0.4) is 0 Å². The van der Waals surface area contributed by atoms with E-state index in [0.29, 0.717) is 5.75 Å². The lowest BCUT2D eigenvalue weighted by Gasteiger charge is -2.15. The first-order valence-corrected chi connectivity index (χ1v) is 9.85. The third kappa shape index (κ3) is 3.52. The summed E-state index contributed by atoms with van der Waals surface area (Å²) in [5.74, 6) is 0.0559. The zero-order valence-corrected chi connectivity index (χ0v) is 16.4. The highest BCUT2D eigenvalue weighted by atomic mass is 19.4. The molecule has 2 N–H and O–H groups in total. The Balaban J connectivity index is 1.46. The molecule has 1 aliphatic rings. The van der Waals surface area contributed by atoms with Crippen LogP contribution in [0.1, 0.15) is 16.7 Å². The average Bonchev–Trinajstić information content (AvgIpc) is 3.14. The lowest BCUT2D eigenvalue weighted by Crippen LogP contribution is -2.08. The molecule has 5 heteroatoms. The van der Waals surface area contributed by atoms with Crippen LogP contribution in [0.15, 0.2) is 84.9 Å². The lowest BCUT2D eigenvalue weighted by atomic mass is 9.96. The van der Waals surface area contributed by atoms with Crippen molar-refractivity contribution in [2.24, 2.45) is 0 Å². The van der Waals surface area contributed by atoms with Gasteiger partial charge < -0.3 is 10.5 Å². The molecule has 0 spiro atoms. The van der Waals surface area contributed by atoms with Crippen LogP contribution in [0.25, 0.3) is 22.3 Å². The van der Waals surface area contributed by atoms with E-state index < -0.39 is 11.7 Å². The van der Waals surface area contributed by atoms with Crippen molar-refractivity contribution in [2.45, 2.75) is 12.6 Å². The fourth-order valence-electron chi connectivity index (χ4n) is 4.12. The van der Waals surface area contributed by atoms with E-state index in [1.165, 1.54) is 34.4 Å². The van der Waals surface area contributed by atoms with Gasteiger partial charge in [-0.05, 0) is 70.1 Å². The van der Waals surface area contributed by atoms with Crippen molar-refractivity contribution in [3.63, 3.8) is 0 Å². The average molecular weight is 417 g/mol. The van der Waals surface area contributed by atoms with Crippen molar-refractivity contribution < 1.29 is 17.9 Å². The van der Waals surface area contributed by atoms with Gasteiger partial charge in [0.15, 0.2) is 0 Å². The third-order valence-electron chi connectivity index (χ3n) is 5.55. The number of nitrogens with two attached hydrogens (primary N) is 1. The van der Waals surface area contributed by atoms with E-state index in [0.717, 1.165) is 23.6 Å². The van der Waals surface area contributed by atoms with Crippen LogP contribution in [0.5, 0.6) is 11.5 Å². The van der Waals surface area contributed by atoms with E-state index >= 15 is 0 Å². The van der Waals surface area contributed by atoms with Crippen molar-refractivity contribution in [3.05, 3.63) is 102 Å². The molecule has 0 fully saturated rings. The molecular weight excluding hydrogens is 399 g/mol. The summed E-state index contributed by atoms with van der Waals surface area (Å²) in [5, 5.41) is 0. The molecule has 1 aliphatic carbocycles. The molecule has 0 aromatic heterocycles. The molecule has 0 unspecified atom stereocenters. The highest BCUT2D eigenvalue weighted by molar-refractivity contribution is 5.84. The number of ether oxygens (including phenoxy) is 1. The Morgan fingerprint density at radius 3 is 2.23 bits per heavy atom. The van der Waals surface area contributed by atoms with Gasteiger partial charge in [-0.2, -0.15) is 13.2 Å². The first-order valence-electron chi connectivity index (χ1n) is 9.85. The number of alkyl halides is 3. The molecule has 0 bridgehead atoms. The fraction of sp³-hybridized carbons (Fsp3) is 0.0769. The maximum Gasteiger partial charge on any atom is 0.420 e. The zero-order chi connectivity index (χ0) is 21.6. The number of halogens is 3. The summed E-state index contributed by atoms with van der Waals surface area (Å²) in [7, 11) is 0. The molecule has 0 heterocycles. The van der Waals surface area contributed by atoms with Crippen molar-refractivity contribution in [1.82, 2.24) is 0 Å². The van der Waals surface area contributed by atoms with E-state index in [2.05, 4.69) is 24.3 Å². The van der Waals surface area contributed by atoms with E-state index in [-0.39, 0.29) is 11.4 Å². The van der Waals surface area contributed by atoms with E-state index in [9.17, 15) is 13.2 Å². The number of benzene rings is 4. The van der Waals surface area contributed by atoms with Gasteiger partial charge in [0, 0.05) is 5.69 Å². The molecule has 0 amide bonds. The monoisotopic (exact) mass is 417 g/mol. The minimum atomic E-state index is -4.55. The van der Waals surface area contributed by atoms with Crippen LogP contribution in [-0.4, -0.2) is 0 Å². The van der Waals surface area contributed by atoms with Crippen LogP contribution in [0, 0.1) is 0 Å². The largest absolute Gasteiger partial charge is 0.457 e. The molecule has 5 rings (SSSR count). The van der Waals surface area contributed by atoms with Crippen molar-refractivity contribution >= 4 is 5.69 Å². The number of hydrogen-bond acceptors (Lipinski definition) is 2. The van der Waals surface area contributed by atoms with Gasteiger partial charge >= 0.3 is 6.18 Å². The Labute approximate surface area is 177 Å². The van der Waals surface area contributed by atoms with E-state index in [4.69, 9.17) is 10.5 Å². The van der Waals surface area contributed by atoms with Gasteiger partial charge in [-0.1, -0.05) is 54.6 Å². The normalized spacial score (nSPS) is 12.4. The minimum absolute atomic E-state index is 0.0361. The molecule has 4 aromatic carbocycles. The van der Waals surface area contributed by atoms with Gasteiger partial charge in [0.05, 0.1) is 0 Å². The van der Waals surface area contributed by atoms with Crippen LogP contribution in [-0.2, 0) is 12.6 Å². The van der Waals surface area contributed by atoms with Gasteiger partial charge in [0.25, 0.3) is 0 Å². The Hall–Kier alpha value is -3.73. The Bertz CT molecular complexity index is 1280. The zero-order valence-electron chi connectivity index (χ0n) is 16.4. The van der Waals surface area contributed by atoms with Crippen LogP contribution < -0.4 is 10.5 Å². The summed E-state index contributed by atoms with van der Waals surface area (Å²) in [5.41, 5.74) is 11.8. The SMILES string of the molecule is Nc1ccc(Oc2ccc(-c3cccc4c3Cc3ccccc3-4)cc2)c(C(F)(F)F)c1. The summed E-state index contributed by atoms with van der Waals surface area (Å²) < 4.78 is 45.5. The van der Waals surface area contributed by atoms with Crippen molar-refractivity contribution in [3.8, 4) is 33.8 Å². The van der Waals surface area contributed by atoms with Crippen LogP contribution in [0.4, 0.5) is 18.9 Å². The fourth-order valence-corrected chi connectivity index (χ4v) is 4.12. The van der Waals surface area contributed by atoms with Crippen LogP contribution >= 0.6 is 0 Å². The molecule has 0 radical (unpaired) electrons. The second kappa shape index (κ2) is 7.20. The first-order chi connectivity index (χ1) is 14.9. The van der Waals surface area contributed by atoms with Crippen LogP contribution in [0.2, 0.25) is 0 Å². The smallest absolute Gasteiger partial charge is 0.420 e. The third-order valence-corrected chi connectivity index (χ3v) is 5.55. The molecule has 154 valence electrons. The van der Waals surface area contributed by atoms with E-state index in [1.807, 2.05) is 30.3 Å². The van der Waals surface area contributed by atoms with Gasteiger partial charge in [-0.3, -0.25) is 0 Å². The summed E-state index contributed by atoms with van der Waals surface area (Å²) in [6.45, 7) is 0. The predicted molar refractivity (Wildman–Crippen MR) is 116 cm³/mol. The Kier molecular flexibility index (Phi) is 4.47. The molecule has 0 saturated heterocycles. The lowest BCUT2D eigenvalue weighted by molar-refractivity contribution is -0.138. The molecule has 0 saturated carbocycles. The van der Waals surface area contributed by atoms with E-state index in [1.54, 1.807) is 12.1 Å². The molecule has 4 aromatic rings. The first kappa shape index (κ1) is 19.2. The number of anilines is 1. The number of hydrogen-bond donors (Lipinski definition) is 1. The summed E-state index contributed by atoms with van der Waals surface area (Å²) in [6, 6.07) is 25.2. The summed E-state index contributed by atoms with van der Waals surface area (Å²) in [6.07, 6.45) is -3.69. The number of nitrogen functional groups attached to an aromatic ring is 1. The topological polar surface area (TPSA) is 35.2 Å². The minimum Gasteiger partial charge on any atom is -0.457 e.